The van der Waals surface area contributed by atoms with Gasteiger partial charge in [-0.05, 0) is 48.4 Å². The van der Waals surface area contributed by atoms with Gasteiger partial charge in [0.1, 0.15) is 0 Å². The SMILES string of the molecule is Cc1ccc(C)c(C(=O)CSc2nnc(-c3ccc4ccccc4c3)o2)c1. The maximum atomic E-state index is 12.5. The summed E-state index contributed by atoms with van der Waals surface area (Å²) < 4.78 is 5.75. The Morgan fingerprint density at radius 3 is 2.63 bits per heavy atom. The minimum Gasteiger partial charge on any atom is -0.411 e. The Morgan fingerprint density at radius 1 is 0.963 bits per heavy atom. The summed E-state index contributed by atoms with van der Waals surface area (Å²) in [6, 6.07) is 20.0. The molecule has 0 spiro atoms. The number of carbonyl (C=O) groups is 1. The fourth-order valence-corrected chi connectivity index (χ4v) is 3.59. The van der Waals surface area contributed by atoms with Crippen molar-refractivity contribution in [2.75, 3.05) is 5.75 Å². The zero-order valence-electron chi connectivity index (χ0n) is 15.1. The summed E-state index contributed by atoms with van der Waals surface area (Å²) in [5, 5.41) is 10.9. The molecule has 0 atom stereocenters. The number of aryl methyl sites for hydroxylation is 2. The molecule has 0 bridgehead atoms. The van der Waals surface area contributed by atoms with E-state index in [1.807, 2.05) is 68.4 Å². The molecule has 1 aromatic heterocycles. The van der Waals surface area contributed by atoms with Gasteiger partial charge in [0.2, 0.25) is 5.89 Å². The Bertz CT molecular complexity index is 1130. The van der Waals surface area contributed by atoms with E-state index < -0.39 is 0 Å². The van der Waals surface area contributed by atoms with Gasteiger partial charge in [-0.1, -0.05) is 59.8 Å². The molecule has 0 aliphatic rings. The van der Waals surface area contributed by atoms with Gasteiger partial charge in [0.15, 0.2) is 5.78 Å². The molecular formula is C22H18N2O2S. The third kappa shape index (κ3) is 3.78. The van der Waals surface area contributed by atoms with Crippen molar-refractivity contribution in [3.63, 3.8) is 0 Å². The second-order valence-corrected chi connectivity index (χ2v) is 7.39. The molecule has 0 N–H and O–H groups in total. The molecule has 134 valence electrons. The summed E-state index contributed by atoms with van der Waals surface area (Å²) in [7, 11) is 0. The van der Waals surface area contributed by atoms with Gasteiger partial charge in [0.25, 0.3) is 5.22 Å². The minimum atomic E-state index is 0.0617. The highest BCUT2D eigenvalue weighted by Gasteiger charge is 2.14. The molecule has 0 radical (unpaired) electrons. The minimum absolute atomic E-state index is 0.0617. The van der Waals surface area contributed by atoms with Crippen molar-refractivity contribution in [1.82, 2.24) is 10.2 Å². The van der Waals surface area contributed by atoms with E-state index in [0.29, 0.717) is 11.1 Å². The Morgan fingerprint density at radius 2 is 1.78 bits per heavy atom. The third-order valence-electron chi connectivity index (χ3n) is 4.42. The standard InChI is InChI=1S/C22H18N2O2S/c1-14-7-8-15(2)19(11-14)20(25)13-27-22-24-23-21(26-22)18-10-9-16-5-3-4-6-17(16)12-18/h3-12H,13H2,1-2H3. The van der Waals surface area contributed by atoms with E-state index in [1.165, 1.54) is 11.8 Å². The number of hydrogen-bond donors (Lipinski definition) is 0. The Hall–Kier alpha value is -2.92. The molecule has 0 amide bonds. The van der Waals surface area contributed by atoms with E-state index in [2.05, 4.69) is 16.3 Å². The molecule has 0 saturated carbocycles. The van der Waals surface area contributed by atoms with Crippen LogP contribution in [-0.2, 0) is 0 Å². The number of fused-ring (bicyclic) bond motifs is 1. The lowest BCUT2D eigenvalue weighted by molar-refractivity contribution is 0.102. The molecule has 1 heterocycles. The molecule has 0 unspecified atom stereocenters. The molecule has 0 saturated heterocycles. The summed E-state index contributed by atoms with van der Waals surface area (Å²) >= 11 is 1.27. The first-order chi connectivity index (χ1) is 13.1. The molecule has 27 heavy (non-hydrogen) atoms. The number of hydrogen-bond acceptors (Lipinski definition) is 5. The van der Waals surface area contributed by atoms with Crippen LogP contribution in [-0.4, -0.2) is 21.7 Å². The second kappa shape index (κ2) is 7.37. The Labute approximate surface area is 161 Å². The summed E-state index contributed by atoms with van der Waals surface area (Å²) in [5.41, 5.74) is 3.67. The number of rotatable bonds is 5. The third-order valence-corrected chi connectivity index (χ3v) is 5.24. The lowest BCUT2D eigenvalue weighted by Gasteiger charge is -2.05. The predicted octanol–water partition coefficient (Wildman–Crippen LogP) is 5.48. The molecule has 3 aromatic carbocycles. The highest BCUT2D eigenvalue weighted by Crippen LogP contribution is 2.27. The van der Waals surface area contributed by atoms with E-state index >= 15 is 0 Å². The fraction of sp³-hybridized carbons (Fsp3) is 0.136. The second-order valence-electron chi connectivity index (χ2n) is 6.47. The lowest BCUT2D eigenvalue weighted by atomic mass is 10.0. The molecule has 5 heteroatoms. The highest BCUT2D eigenvalue weighted by molar-refractivity contribution is 7.99. The van der Waals surface area contributed by atoms with Crippen molar-refractivity contribution < 1.29 is 9.21 Å². The van der Waals surface area contributed by atoms with E-state index in [4.69, 9.17) is 4.42 Å². The largest absolute Gasteiger partial charge is 0.411 e. The number of ketones is 1. The number of benzene rings is 3. The number of nitrogens with zero attached hydrogens (tertiary/aromatic N) is 2. The Kier molecular flexibility index (Phi) is 4.77. The van der Waals surface area contributed by atoms with E-state index in [9.17, 15) is 4.79 Å². The average Bonchev–Trinajstić information content (AvgIpc) is 3.16. The number of thioether (sulfide) groups is 1. The number of Topliss-reactive ketones (excluding diaryl/α,β-unsaturated/α-hetero) is 1. The molecule has 0 aliphatic carbocycles. The van der Waals surface area contributed by atoms with Crippen LogP contribution in [0.25, 0.3) is 22.2 Å². The zero-order chi connectivity index (χ0) is 18.8. The van der Waals surface area contributed by atoms with Crippen molar-refractivity contribution in [3.05, 3.63) is 77.4 Å². The zero-order valence-corrected chi connectivity index (χ0v) is 15.9. The smallest absolute Gasteiger partial charge is 0.277 e. The molecule has 4 aromatic rings. The van der Waals surface area contributed by atoms with Crippen molar-refractivity contribution >= 4 is 28.3 Å². The van der Waals surface area contributed by atoms with Crippen LogP contribution in [0.5, 0.6) is 0 Å². The van der Waals surface area contributed by atoms with Gasteiger partial charge in [-0.2, -0.15) is 0 Å². The van der Waals surface area contributed by atoms with Crippen LogP contribution in [0, 0.1) is 13.8 Å². The van der Waals surface area contributed by atoms with E-state index in [0.717, 1.165) is 33.0 Å². The van der Waals surface area contributed by atoms with Crippen LogP contribution in [0.4, 0.5) is 0 Å². The van der Waals surface area contributed by atoms with Gasteiger partial charge in [-0.25, -0.2) is 0 Å². The summed E-state index contributed by atoms with van der Waals surface area (Å²) in [4.78, 5) is 12.5. The van der Waals surface area contributed by atoms with Gasteiger partial charge >= 0.3 is 0 Å². The maximum absolute atomic E-state index is 12.5. The van der Waals surface area contributed by atoms with Crippen molar-refractivity contribution in [2.45, 2.75) is 19.1 Å². The van der Waals surface area contributed by atoms with E-state index in [-0.39, 0.29) is 11.5 Å². The summed E-state index contributed by atoms with van der Waals surface area (Å²) in [6.45, 7) is 3.93. The number of carbonyl (C=O) groups excluding carboxylic acids is 1. The maximum Gasteiger partial charge on any atom is 0.277 e. The van der Waals surface area contributed by atoms with Crippen molar-refractivity contribution in [3.8, 4) is 11.5 Å². The highest BCUT2D eigenvalue weighted by atomic mass is 32.2. The van der Waals surface area contributed by atoms with Crippen molar-refractivity contribution in [1.29, 1.82) is 0 Å². The van der Waals surface area contributed by atoms with Gasteiger partial charge < -0.3 is 4.42 Å². The lowest BCUT2D eigenvalue weighted by Crippen LogP contribution is -2.05. The first-order valence-corrected chi connectivity index (χ1v) is 9.64. The molecular weight excluding hydrogens is 356 g/mol. The van der Waals surface area contributed by atoms with E-state index in [1.54, 1.807) is 0 Å². The van der Waals surface area contributed by atoms with Crippen LogP contribution in [0.3, 0.4) is 0 Å². The normalized spacial score (nSPS) is 11.0. The quantitative estimate of drug-likeness (QED) is 0.342. The first kappa shape index (κ1) is 17.5. The average molecular weight is 374 g/mol. The van der Waals surface area contributed by atoms with Gasteiger partial charge in [0.05, 0.1) is 5.75 Å². The molecule has 0 fully saturated rings. The van der Waals surface area contributed by atoms with Crippen LogP contribution in [0.15, 0.2) is 70.3 Å². The monoisotopic (exact) mass is 374 g/mol. The first-order valence-electron chi connectivity index (χ1n) is 8.66. The van der Waals surface area contributed by atoms with Crippen LogP contribution in [0.1, 0.15) is 21.5 Å². The van der Waals surface area contributed by atoms with Gasteiger partial charge in [-0.3, -0.25) is 4.79 Å². The van der Waals surface area contributed by atoms with Crippen molar-refractivity contribution in [2.24, 2.45) is 0 Å². The molecule has 4 rings (SSSR count). The van der Waals surface area contributed by atoms with Gasteiger partial charge in [0, 0.05) is 11.1 Å². The fourth-order valence-electron chi connectivity index (χ4n) is 2.95. The van der Waals surface area contributed by atoms with Gasteiger partial charge in [-0.15, -0.1) is 10.2 Å². The summed E-state index contributed by atoms with van der Waals surface area (Å²) in [5.74, 6) is 0.790. The van der Waals surface area contributed by atoms with Crippen LogP contribution in [0.2, 0.25) is 0 Å². The van der Waals surface area contributed by atoms with Crippen LogP contribution >= 0.6 is 11.8 Å². The van der Waals surface area contributed by atoms with Crippen LogP contribution < -0.4 is 0 Å². The molecule has 4 nitrogen and oxygen atoms in total. The Balaban J connectivity index is 1.49. The number of aromatic nitrogens is 2. The summed E-state index contributed by atoms with van der Waals surface area (Å²) in [6.07, 6.45) is 0. The topological polar surface area (TPSA) is 56.0 Å². The predicted molar refractivity (Wildman–Crippen MR) is 108 cm³/mol. The molecule has 0 aliphatic heterocycles.